The normalized spacial score (nSPS) is 11.1. The van der Waals surface area contributed by atoms with E-state index in [1.807, 2.05) is 6.07 Å². The molecule has 16 heavy (non-hydrogen) atoms. The number of hydrogen-bond acceptors (Lipinski definition) is 1. The molecule has 0 aliphatic rings. The highest BCUT2D eigenvalue weighted by Crippen LogP contribution is 2.28. The van der Waals surface area contributed by atoms with Crippen LogP contribution in [0.15, 0.2) is 30.3 Å². The van der Waals surface area contributed by atoms with Gasteiger partial charge in [-0.2, -0.15) is 0 Å². The molecule has 0 bridgehead atoms. The highest BCUT2D eigenvalue weighted by Gasteiger charge is 2.16. The summed E-state index contributed by atoms with van der Waals surface area (Å²) in [7, 11) is 2.09. The maximum Gasteiger partial charge on any atom is 0.106 e. The predicted molar refractivity (Wildman–Crippen MR) is 67.5 cm³/mol. The second-order valence-electron chi connectivity index (χ2n) is 4.47. The minimum Gasteiger partial charge on any atom is -0.334 e. The smallest absolute Gasteiger partial charge is 0.106 e. The number of hydrogen-bond donors (Lipinski definition) is 0. The molecule has 0 saturated carbocycles. The Hall–Kier alpha value is -1.57. The van der Waals surface area contributed by atoms with Crippen molar-refractivity contribution in [3.63, 3.8) is 0 Å². The first kappa shape index (κ1) is 10.9. The van der Waals surface area contributed by atoms with Crippen LogP contribution in [0.3, 0.4) is 0 Å². The average molecular weight is 214 g/mol. The van der Waals surface area contributed by atoms with E-state index in [9.17, 15) is 0 Å². The van der Waals surface area contributed by atoms with Gasteiger partial charge in [-0.3, -0.25) is 0 Å². The van der Waals surface area contributed by atoms with Gasteiger partial charge in [0, 0.05) is 18.3 Å². The minimum absolute atomic E-state index is 0.487. The van der Waals surface area contributed by atoms with E-state index in [1.54, 1.807) is 0 Å². The quantitative estimate of drug-likeness (QED) is 0.748. The van der Waals surface area contributed by atoms with E-state index in [2.05, 4.69) is 61.6 Å². The largest absolute Gasteiger partial charge is 0.334 e. The Morgan fingerprint density at radius 3 is 2.31 bits per heavy atom. The Morgan fingerprint density at radius 2 is 1.75 bits per heavy atom. The van der Waals surface area contributed by atoms with Crippen LogP contribution in [-0.4, -0.2) is 9.55 Å². The lowest BCUT2D eigenvalue weighted by Crippen LogP contribution is -2.01. The number of aryl methyl sites for hydroxylation is 1. The molecule has 1 aromatic heterocycles. The maximum atomic E-state index is 4.66. The molecule has 1 aromatic carbocycles. The summed E-state index contributed by atoms with van der Waals surface area (Å²) in [4.78, 5) is 4.66. The summed E-state index contributed by atoms with van der Waals surface area (Å²) in [5.74, 6) is 1.56. The number of imidazole rings is 1. The monoisotopic (exact) mass is 214 g/mol. The SMILES string of the molecule is Cc1nc(-c2ccccc2)c(C(C)C)n1C. The fourth-order valence-corrected chi connectivity index (χ4v) is 2.10. The van der Waals surface area contributed by atoms with Gasteiger partial charge in [0.1, 0.15) is 5.82 Å². The van der Waals surface area contributed by atoms with E-state index in [-0.39, 0.29) is 0 Å². The first-order valence-electron chi connectivity index (χ1n) is 5.70. The van der Waals surface area contributed by atoms with Crippen molar-refractivity contribution in [2.75, 3.05) is 0 Å². The summed E-state index contributed by atoms with van der Waals surface area (Å²) < 4.78 is 2.19. The molecule has 2 heteroatoms. The van der Waals surface area contributed by atoms with Gasteiger partial charge in [-0.25, -0.2) is 4.98 Å². The van der Waals surface area contributed by atoms with Crippen LogP contribution in [0.25, 0.3) is 11.3 Å². The van der Waals surface area contributed by atoms with Crippen molar-refractivity contribution in [2.45, 2.75) is 26.7 Å². The summed E-state index contributed by atoms with van der Waals surface area (Å²) in [6.45, 7) is 6.48. The average Bonchev–Trinajstić information content (AvgIpc) is 2.57. The molecule has 0 radical (unpaired) electrons. The van der Waals surface area contributed by atoms with E-state index < -0.39 is 0 Å². The molecule has 0 atom stereocenters. The van der Waals surface area contributed by atoms with Crippen molar-refractivity contribution < 1.29 is 0 Å². The molecule has 1 heterocycles. The Kier molecular flexibility index (Phi) is 2.82. The van der Waals surface area contributed by atoms with Gasteiger partial charge in [0.05, 0.1) is 5.69 Å². The zero-order chi connectivity index (χ0) is 11.7. The van der Waals surface area contributed by atoms with Gasteiger partial charge in [0.25, 0.3) is 0 Å². The van der Waals surface area contributed by atoms with Gasteiger partial charge in [0.15, 0.2) is 0 Å². The zero-order valence-corrected chi connectivity index (χ0v) is 10.4. The molecule has 2 rings (SSSR count). The molecular weight excluding hydrogens is 196 g/mol. The summed E-state index contributed by atoms with van der Waals surface area (Å²) >= 11 is 0. The Morgan fingerprint density at radius 1 is 1.12 bits per heavy atom. The fourth-order valence-electron chi connectivity index (χ4n) is 2.10. The van der Waals surface area contributed by atoms with Crippen LogP contribution >= 0.6 is 0 Å². The Bertz CT molecular complexity index is 481. The number of benzene rings is 1. The molecule has 0 aliphatic heterocycles. The first-order valence-corrected chi connectivity index (χ1v) is 5.70. The fraction of sp³-hybridized carbons (Fsp3) is 0.357. The summed E-state index contributed by atoms with van der Waals surface area (Å²) in [5, 5.41) is 0. The molecule has 2 nitrogen and oxygen atoms in total. The number of rotatable bonds is 2. The summed E-state index contributed by atoms with van der Waals surface area (Å²) in [5.41, 5.74) is 3.63. The van der Waals surface area contributed by atoms with Crippen LogP contribution < -0.4 is 0 Å². The molecule has 84 valence electrons. The van der Waals surface area contributed by atoms with E-state index in [0.717, 1.165) is 11.5 Å². The topological polar surface area (TPSA) is 17.8 Å². The second-order valence-corrected chi connectivity index (χ2v) is 4.47. The highest BCUT2D eigenvalue weighted by atomic mass is 15.1. The van der Waals surface area contributed by atoms with Gasteiger partial charge in [-0.05, 0) is 12.8 Å². The van der Waals surface area contributed by atoms with Crippen molar-refractivity contribution in [1.82, 2.24) is 9.55 Å². The third-order valence-electron chi connectivity index (χ3n) is 2.96. The lowest BCUT2D eigenvalue weighted by atomic mass is 10.0. The van der Waals surface area contributed by atoms with E-state index in [1.165, 1.54) is 11.3 Å². The minimum atomic E-state index is 0.487. The molecule has 0 N–H and O–H groups in total. The van der Waals surface area contributed by atoms with Crippen LogP contribution in [0.1, 0.15) is 31.3 Å². The zero-order valence-electron chi connectivity index (χ0n) is 10.4. The number of nitrogens with zero attached hydrogens (tertiary/aromatic N) is 2. The molecule has 0 fully saturated rings. The second kappa shape index (κ2) is 4.12. The number of aromatic nitrogens is 2. The Balaban J connectivity index is 2.62. The summed E-state index contributed by atoms with van der Waals surface area (Å²) in [6, 6.07) is 10.4. The van der Waals surface area contributed by atoms with Crippen molar-refractivity contribution in [3.05, 3.63) is 41.9 Å². The lowest BCUT2D eigenvalue weighted by Gasteiger charge is -2.09. The standard InChI is InChI=1S/C14H18N2/c1-10(2)14-13(15-11(3)16(14)4)12-8-6-5-7-9-12/h5-10H,1-4H3. The summed E-state index contributed by atoms with van der Waals surface area (Å²) in [6.07, 6.45) is 0. The first-order chi connectivity index (χ1) is 7.61. The Labute approximate surface area is 97.0 Å². The van der Waals surface area contributed by atoms with Crippen LogP contribution in [0.2, 0.25) is 0 Å². The van der Waals surface area contributed by atoms with E-state index in [4.69, 9.17) is 0 Å². The lowest BCUT2D eigenvalue weighted by molar-refractivity contribution is 0.725. The van der Waals surface area contributed by atoms with Crippen LogP contribution in [-0.2, 0) is 7.05 Å². The molecular formula is C14H18N2. The van der Waals surface area contributed by atoms with Gasteiger partial charge in [-0.1, -0.05) is 44.2 Å². The molecule has 0 amide bonds. The predicted octanol–water partition coefficient (Wildman–Crippen LogP) is 3.52. The molecule has 0 spiro atoms. The third-order valence-corrected chi connectivity index (χ3v) is 2.96. The molecule has 0 saturated heterocycles. The van der Waals surface area contributed by atoms with Crippen LogP contribution in [0.4, 0.5) is 0 Å². The van der Waals surface area contributed by atoms with E-state index >= 15 is 0 Å². The molecule has 2 aromatic rings. The van der Waals surface area contributed by atoms with Crippen molar-refractivity contribution in [2.24, 2.45) is 7.05 Å². The van der Waals surface area contributed by atoms with Crippen molar-refractivity contribution in [1.29, 1.82) is 0 Å². The van der Waals surface area contributed by atoms with Gasteiger partial charge in [0.2, 0.25) is 0 Å². The highest BCUT2D eigenvalue weighted by molar-refractivity contribution is 5.63. The maximum absolute atomic E-state index is 4.66. The van der Waals surface area contributed by atoms with Crippen molar-refractivity contribution >= 4 is 0 Å². The molecule has 0 unspecified atom stereocenters. The molecule has 0 aliphatic carbocycles. The van der Waals surface area contributed by atoms with E-state index in [0.29, 0.717) is 5.92 Å². The van der Waals surface area contributed by atoms with Gasteiger partial charge in [-0.15, -0.1) is 0 Å². The van der Waals surface area contributed by atoms with Crippen molar-refractivity contribution in [3.8, 4) is 11.3 Å². The van der Waals surface area contributed by atoms with Gasteiger partial charge >= 0.3 is 0 Å². The van der Waals surface area contributed by atoms with Gasteiger partial charge < -0.3 is 4.57 Å². The van der Waals surface area contributed by atoms with Crippen LogP contribution in [0, 0.1) is 6.92 Å². The van der Waals surface area contributed by atoms with Crippen LogP contribution in [0.5, 0.6) is 0 Å². The third kappa shape index (κ3) is 1.75.